The number of hydrogen-bond acceptors (Lipinski definition) is 7. The number of nitrogens with zero attached hydrogens (tertiary/aromatic N) is 3. The van der Waals surface area contributed by atoms with E-state index >= 15 is 0 Å². The van der Waals surface area contributed by atoms with Gasteiger partial charge in [0.05, 0.1) is 24.2 Å². The maximum atomic E-state index is 12.1. The highest BCUT2D eigenvalue weighted by atomic mass is 16.5. The number of carboxylic acid groups (broad SMARTS) is 1. The van der Waals surface area contributed by atoms with E-state index in [2.05, 4.69) is 20.9 Å². The van der Waals surface area contributed by atoms with Crippen LogP contribution in [0.15, 0.2) is 45.8 Å². The van der Waals surface area contributed by atoms with E-state index in [4.69, 9.17) is 18.8 Å². The number of carboxylic acids is 1. The van der Waals surface area contributed by atoms with E-state index in [9.17, 15) is 4.79 Å². The van der Waals surface area contributed by atoms with Crippen LogP contribution in [0.25, 0.3) is 11.5 Å². The molecule has 3 aromatic heterocycles. The number of anilines is 1. The normalized spacial score (nSPS) is 13.4. The Bertz CT molecular complexity index is 875. The minimum atomic E-state index is -0.833. The molecule has 10 nitrogen and oxygen atoms in total. The van der Waals surface area contributed by atoms with E-state index in [0.717, 1.165) is 20.0 Å². The molecular weight excluding hydrogens is 342 g/mol. The molecule has 0 aliphatic carbocycles. The van der Waals surface area contributed by atoms with Gasteiger partial charge < -0.3 is 24.7 Å². The Balaban J connectivity index is 0.000000447. The largest absolute Gasteiger partial charge is 0.481 e. The highest BCUT2D eigenvalue weighted by Gasteiger charge is 2.20. The minimum Gasteiger partial charge on any atom is -0.481 e. The van der Waals surface area contributed by atoms with Crippen LogP contribution in [-0.2, 0) is 4.79 Å². The monoisotopic (exact) mass is 359 g/mol. The number of hydrogen-bond donors (Lipinski definition) is 3. The summed E-state index contributed by atoms with van der Waals surface area (Å²) in [5.74, 6) is -0.254. The van der Waals surface area contributed by atoms with Crippen LogP contribution in [0.5, 0.6) is 0 Å². The molecule has 3 N–H and O–H groups in total. The lowest BCUT2D eigenvalue weighted by atomic mass is 10.2. The second kappa shape index (κ2) is 7.66. The first-order valence-corrected chi connectivity index (χ1v) is 7.79. The summed E-state index contributed by atoms with van der Waals surface area (Å²) in [5.41, 5.74) is 0.809. The Morgan fingerprint density at radius 3 is 2.77 bits per heavy atom. The average Bonchev–Trinajstić information content (AvgIpc) is 3.26. The Kier molecular flexibility index (Phi) is 5.13. The quantitative estimate of drug-likeness (QED) is 0.639. The predicted octanol–water partition coefficient (Wildman–Crippen LogP) is 1.62. The molecule has 26 heavy (non-hydrogen) atoms. The third-order valence-corrected chi connectivity index (χ3v) is 3.50. The molecule has 136 valence electrons. The van der Waals surface area contributed by atoms with E-state index in [-0.39, 0.29) is 11.6 Å². The molecule has 0 radical (unpaired) electrons. The summed E-state index contributed by atoms with van der Waals surface area (Å²) < 4.78 is 12.1. The lowest BCUT2D eigenvalue weighted by Gasteiger charge is -2.27. The van der Waals surface area contributed by atoms with Crippen molar-refractivity contribution in [3.8, 4) is 11.5 Å². The van der Waals surface area contributed by atoms with Crippen LogP contribution in [0.3, 0.4) is 0 Å². The summed E-state index contributed by atoms with van der Waals surface area (Å²) in [6.45, 7) is 2.87. The number of aliphatic carboxylic acids is 1. The standard InChI is InChI=1S/C14H13N5O3.C2H4O2/c20-14(11-4-13(22-18-11)12-2-1-3-21-12)17-9-5-16-19(8-9)10-6-15-7-10;1-2(3)4/h1-5,8,10,15H,6-7H2,(H,17,20);1H3,(H,3,4). The van der Waals surface area contributed by atoms with E-state index in [0.29, 0.717) is 23.2 Å². The number of carbonyl (C=O) groups excluding carboxylic acids is 1. The van der Waals surface area contributed by atoms with E-state index < -0.39 is 5.97 Å². The second-order valence-corrected chi connectivity index (χ2v) is 5.55. The molecule has 1 aliphatic heterocycles. The molecule has 10 heteroatoms. The van der Waals surface area contributed by atoms with E-state index in [1.54, 1.807) is 24.5 Å². The Morgan fingerprint density at radius 2 is 2.15 bits per heavy atom. The summed E-state index contributed by atoms with van der Waals surface area (Å²) in [5, 5.41) is 21.3. The molecule has 0 atom stereocenters. The molecule has 0 unspecified atom stereocenters. The molecule has 0 aromatic carbocycles. The average molecular weight is 359 g/mol. The Morgan fingerprint density at radius 1 is 1.38 bits per heavy atom. The van der Waals surface area contributed by atoms with Crippen molar-refractivity contribution in [1.29, 1.82) is 0 Å². The predicted molar refractivity (Wildman–Crippen MR) is 89.6 cm³/mol. The van der Waals surface area contributed by atoms with Crippen LogP contribution < -0.4 is 10.6 Å². The van der Waals surface area contributed by atoms with Crippen LogP contribution in [0, 0.1) is 0 Å². The Labute approximate surface area is 147 Å². The summed E-state index contributed by atoms with van der Waals surface area (Å²) in [6.07, 6.45) is 4.95. The molecular formula is C16H17N5O5. The van der Waals surface area contributed by atoms with Gasteiger partial charge in [-0.05, 0) is 12.1 Å². The van der Waals surface area contributed by atoms with Gasteiger partial charge >= 0.3 is 0 Å². The van der Waals surface area contributed by atoms with E-state index in [1.165, 1.54) is 12.3 Å². The van der Waals surface area contributed by atoms with Crippen molar-refractivity contribution in [2.75, 3.05) is 18.4 Å². The van der Waals surface area contributed by atoms with Gasteiger partial charge in [0.25, 0.3) is 11.9 Å². The van der Waals surface area contributed by atoms with Crippen molar-refractivity contribution in [1.82, 2.24) is 20.3 Å². The van der Waals surface area contributed by atoms with Crippen molar-refractivity contribution in [2.24, 2.45) is 0 Å². The van der Waals surface area contributed by atoms with Gasteiger partial charge in [-0.15, -0.1) is 0 Å². The fraction of sp³-hybridized carbons (Fsp3) is 0.250. The fourth-order valence-corrected chi connectivity index (χ4v) is 2.18. The number of rotatable bonds is 4. The van der Waals surface area contributed by atoms with Gasteiger partial charge in [-0.2, -0.15) is 5.10 Å². The zero-order valence-corrected chi connectivity index (χ0v) is 13.9. The molecule has 0 saturated carbocycles. The van der Waals surface area contributed by atoms with Gasteiger partial charge in [0.1, 0.15) is 0 Å². The molecule has 4 rings (SSSR count). The van der Waals surface area contributed by atoms with E-state index in [1.807, 2.05) is 4.68 Å². The summed E-state index contributed by atoms with van der Waals surface area (Å²) in [7, 11) is 0. The molecule has 1 saturated heterocycles. The third-order valence-electron chi connectivity index (χ3n) is 3.50. The second-order valence-electron chi connectivity index (χ2n) is 5.55. The van der Waals surface area contributed by atoms with Gasteiger partial charge in [0.2, 0.25) is 5.76 Å². The number of amides is 1. The summed E-state index contributed by atoms with van der Waals surface area (Å²) >= 11 is 0. The highest BCUT2D eigenvalue weighted by molar-refractivity contribution is 6.03. The van der Waals surface area contributed by atoms with Gasteiger partial charge in [0, 0.05) is 32.3 Å². The number of carbonyl (C=O) groups is 2. The van der Waals surface area contributed by atoms with Crippen LogP contribution in [-0.4, -0.2) is 45.0 Å². The summed E-state index contributed by atoms with van der Waals surface area (Å²) in [6, 6.07) is 5.36. The van der Waals surface area contributed by atoms with Gasteiger partial charge in [-0.1, -0.05) is 5.16 Å². The zero-order chi connectivity index (χ0) is 18.5. The molecule has 0 spiro atoms. The minimum absolute atomic E-state index is 0.185. The zero-order valence-electron chi connectivity index (χ0n) is 13.9. The molecule has 3 aromatic rings. The first-order chi connectivity index (χ1) is 12.5. The smallest absolute Gasteiger partial charge is 0.300 e. The SMILES string of the molecule is CC(=O)O.O=C(Nc1cnn(C2CNC2)c1)c1cc(-c2ccco2)on1. The van der Waals surface area contributed by atoms with Crippen molar-refractivity contribution in [2.45, 2.75) is 13.0 Å². The van der Waals surface area contributed by atoms with Crippen molar-refractivity contribution in [3.05, 3.63) is 42.5 Å². The maximum absolute atomic E-state index is 12.1. The first kappa shape index (κ1) is 17.4. The molecule has 4 heterocycles. The molecule has 1 aliphatic rings. The highest BCUT2D eigenvalue weighted by Crippen LogP contribution is 2.21. The van der Waals surface area contributed by atoms with Crippen LogP contribution in [0.2, 0.25) is 0 Å². The number of furan rings is 1. The first-order valence-electron chi connectivity index (χ1n) is 7.79. The van der Waals surface area contributed by atoms with Crippen LogP contribution >= 0.6 is 0 Å². The molecule has 0 bridgehead atoms. The maximum Gasteiger partial charge on any atom is 0.300 e. The number of aromatic nitrogens is 3. The Hall–Kier alpha value is -3.40. The summed E-state index contributed by atoms with van der Waals surface area (Å²) in [4.78, 5) is 21.1. The lowest BCUT2D eigenvalue weighted by Crippen LogP contribution is -2.43. The third kappa shape index (κ3) is 4.16. The van der Waals surface area contributed by atoms with Crippen molar-refractivity contribution < 1.29 is 23.6 Å². The number of nitrogens with one attached hydrogen (secondary N) is 2. The van der Waals surface area contributed by atoms with Gasteiger partial charge in [0.15, 0.2) is 11.5 Å². The van der Waals surface area contributed by atoms with Gasteiger partial charge in [-0.25, -0.2) is 0 Å². The van der Waals surface area contributed by atoms with Gasteiger partial charge in [-0.3, -0.25) is 14.3 Å². The lowest BCUT2D eigenvalue weighted by molar-refractivity contribution is -0.134. The fourth-order valence-electron chi connectivity index (χ4n) is 2.18. The van der Waals surface area contributed by atoms with Crippen molar-refractivity contribution in [3.63, 3.8) is 0 Å². The molecule has 1 fully saturated rings. The topological polar surface area (TPSA) is 135 Å². The van der Waals surface area contributed by atoms with Crippen molar-refractivity contribution >= 4 is 17.6 Å². The van der Waals surface area contributed by atoms with Crippen LogP contribution in [0.1, 0.15) is 23.5 Å². The molecule has 1 amide bonds. The van der Waals surface area contributed by atoms with Crippen LogP contribution in [0.4, 0.5) is 5.69 Å².